The van der Waals surface area contributed by atoms with Gasteiger partial charge in [-0.25, -0.2) is 17.2 Å². The van der Waals surface area contributed by atoms with Crippen molar-refractivity contribution in [2.45, 2.75) is 28.3 Å². The molecule has 0 aromatic heterocycles. The number of ether oxygens (including phenoxy) is 1. The molecule has 0 radical (unpaired) electrons. The highest BCUT2D eigenvalue weighted by Gasteiger charge is 2.31. The third-order valence-electron chi connectivity index (χ3n) is 5.55. The molecule has 1 aliphatic heterocycles. The highest BCUT2D eigenvalue weighted by atomic mass is 79.9. The average Bonchev–Trinajstić information content (AvgIpc) is 2.81. The normalized spacial score (nSPS) is 17.4. The summed E-state index contributed by atoms with van der Waals surface area (Å²) in [5.41, 5.74) is -6.25. The Balaban J connectivity index is 1.97. The lowest BCUT2D eigenvalue weighted by Crippen LogP contribution is -2.35. The van der Waals surface area contributed by atoms with Gasteiger partial charge in [0.05, 0.1) is 16.7 Å². The van der Waals surface area contributed by atoms with E-state index in [0.717, 1.165) is 24.3 Å². The Kier molecular flexibility index (Phi) is 7.80. The molecule has 3 aromatic carbocycles. The third kappa shape index (κ3) is 6.25. The number of amides is 1. The lowest BCUT2D eigenvalue weighted by molar-refractivity contribution is -0.0328. The number of hydrogen-bond donors (Lipinski definition) is 2. The van der Waals surface area contributed by atoms with E-state index in [1.54, 1.807) is 6.92 Å². The molecule has 3 aromatic rings. The second-order valence-corrected chi connectivity index (χ2v) is 12.2. The average molecular weight is 653 g/mol. The molecule has 4 rings (SSSR count). The molecule has 39 heavy (non-hydrogen) atoms. The number of hydrogen-bond acceptors (Lipinski definition) is 6. The maximum Gasteiger partial charge on any atom is 0.446 e. The van der Waals surface area contributed by atoms with E-state index < -0.39 is 72.8 Å². The number of aromatic hydroxyl groups is 1. The summed E-state index contributed by atoms with van der Waals surface area (Å²) in [5, 5.41) is 10.4. The van der Waals surface area contributed by atoms with Crippen LogP contribution in [0.5, 0.6) is 11.5 Å². The lowest BCUT2D eigenvalue weighted by atomic mass is 10.0. The zero-order chi connectivity index (χ0) is 28.9. The van der Waals surface area contributed by atoms with Crippen molar-refractivity contribution in [2.75, 3.05) is 18.3 Å². The first-order valence-electron chi connectivity index (χ1n) is 10.9. The molecule has 2 N–H and O–H groups in total. The van der Waals surface area contributed by atoms with E-state index in [0.29, 0.717) is 6.07 Å². The minimum Gasteiger partial charge on any atom is -0.505 e. The van der Waals surface area contributed by atoms with Crippen LogP contribution in [-0.4, -0.2) is 49.5 Å². The number of carbonyl (C=O) groups excluding carboxylic acids is 1. The number of halogens is 6. The molecule has 7 nitrogen and oxygen atoms in total. The van der Waals surface area contributed by atoms with Crippen LogP contribution in [0.25, 0.3) is 11.1 Å². The number of benzene rings is 3. The first kappa shape index (κ1) is 29.0. The number of nitrogens with one attached hydrogen (secondary N) is 1. The molecule has 208 valence electrons. The van der Waals surface area contributed by atoms with Crippen molar-refractivity contribution in [3.8, 4) is 22.6 Å². The van der Waals surface area contributed by atoms with Gasteiger partial charge >= 0.3 is 5.51 Å². The predicted octanol–water partition coefficient (Wildman–Crippen LogP) is 6.37. The number of alkyl halides is 3. The summed E-state index contributed by atoms with van der Waals surface area (Å²) in [6.07, 6.45) is -0.784. The summed E-state index contributed by atoms with van der Waals surface area (Å²) in [6, 6.07) is 6.48. The summed E-state index contributed by atoms with van der Waals surface area (Å²) >= 11 is 2.54. The lowest BCUT2D eigenvalue weighted by Gasteiger charge is -2.24. The van der Waals surface area contributed by atoms with Gasteiger partial charge in [0.2, 0.25) is 0 Å². The Morgan fingerprint density at radius 2 is 1.79 bits per heavy atom. The van der Waals surface area contributed by atoms with Gasteiger partial charge in [-0.3, -0.25) is 9.52 Å². The van der Waals surface area contributed by atoms with Gasteiger partial charge in [0.15, 0.2) is 0 Å². The predicted molar refractivity (Wildman–Crippen MR) is 137 cm³/mol. The number of anilines is 1. The van der Waals surface area contributed by atoms with Gasteiger partial charge in [0, 0.05) is 34.7 Å². The summed E-state index contributed by atoms with van der Waals surface area (Å²) in [5.74, 6) is -4.07. The molecular formula is C24H18BrF5N2O5S2. The van der Waals surface area contributed by atoms with Gasteiger partial charge in [-0.15, -0.1) is 0 Å². The van der Waals surface area contributed by atoms with Crippen LogP contribution in [-0.2, 0) is 10.0 Å². The van der Waals surface area contributed by atoms with Crippen molar-refractivity contribution in [1.82, 2.24) is 4.90 Å². The second kappa shape index (κ2) is 10.5. The third-order valence-corrected chi connectivity index (χ3v) is 8.25. The first-order valence-corrected chi connectivity index (χ1v) is 14.0. The molecule has 0 fully saturated rings. The Morgan fingerprint density at radius 3 is 2.46 bits per heavy atom. The van der Waals surface area contributed by atoms with Crippen LogP contribution in [0.1, 0.15) is 17.3 Å². The van der Waals surface area contributed by atoms with Crippen molar-refractivity contribution >= 4 is 49.3 Å². The SMILES string of the molecule is C[C@H]1CN(C)C(=O)c2cc(Br)c(O)c(c2)S(=O)(=O)Nc2cc(c(F)cc2F)-c2cc(SC(F)(F)F)ccc2O1. The van der Waals surface area contributed by atoms with Crippen molar-refractivity contribution in [3.63, 3.8) is 0 Å². The van der Waals surface area contributed by atoms with E-state index in [1.165, 1.54) is 24.1 Å². The fraction of sp³-hybridized carbons (Fsp3) is 0.208. The Morgan fingerprint density at radius 1 is 1.10 bits per heavy atom. The van der Waals surface area contributed by atoms with Gasteiger partial charge in [-0.1, -0.05) is 0 Å². The molecule has 0 unspecified atom stereocenters. The van der Waals surface area contributed by atoms with E-state index in [-0.39, 0.29) is 32.8 Å². The Bertz CT molecular complexity index is 1580. The number of phenolic OH excluding ortho intramolecular Hbond substituents is 1. The Labute approximate surface area is 232 Å². The van der Waals surface area contributed by atoms with Crippen LogP contribution >= 0.6 is 27.7 Å². The number of sulfonamides is 1. The van der Waals surface area contributed by atoms with E-state index in [2.05, 4.69) is 15.9 Å². The highest BCUT2D eigenvalue weighted by Crippen LogP contribution is 2.43. The van der Waals surface area contributed by atoms with Crippen LogP contribution in [0.4, 0.5) is 27.6 Å². The van der Waals surface area contributed by atoms with Crippen LogP contribution < -0.4 is 9.46 Å². The highest BCUT2D eigenvalue weighted by molar-refractivity contribution is 9.10. The molecule has 0 spiro atoms. The molecule has 1 aliphatic rings. The summed E-state index contributed by atoms with van der Waals surface area (Å²) in [4.78, 5) is 13.2. The molecule has 15 heteroatoms. The fourth-order valence-electron chi connectivity index (χ4n) is 3.90. The molecule has 1 atom stereocenters. The van der Waals surface area contributed by atoms with Gasteiger partial charge in [0.25, 0.3) is 15.9 Å². The Hall–Kier alpha value is -3.04. The van der Waals surface area contributed by atoms with Crippen molar-refractivity contribution < 1.29 is 45.0 Å². The molecule has 0 saturated heterocycles. The number of rotatable bonds is 1. The first-order chi connectivity index (χ1) is 18.1. The number of likely N-dealkylation sites (N-methyl/N-ethyl adjacent to an activating group) is 1. The minimum atomic E-state index is -4.77. The van der Waals surface area contributed by atoms with Gasteiger partial charge in [0.1, 0.15) is 34.1 Å². The molecule has 0 aliphatic carbocycles. The van der Waals surface area contributed by atoms with Crippen LogP contribution in [0.3, 0.4) is 0 Å². The van der Waals surface area contributed by atoms with Crippen molar-refractivity contribution in [1.29, 1.82) is 0 Å². The quantitative estimate of drug-likeness (QED) is 0.234. The number of thioether (sulfide) groups is 1. The maximum atomic E-state index is 15.0. The summed E-state index contributed by atoms with van der Waals surface area (Å²) < 4.78 is 103. The minimum absolute atomic E-state index is 0.0761. The smallest absolute Gasteiger partial charge is 0.446 e. The molecule has 1 amide bonds. The largest absolute Gasteiger partial charge is 0.505 e. The number of nitrogens with zero attached hydrogens (tertiary/aromatic N) is 1. The second-order valence-electron chi connectivity index (χ2n) is 8.54. The van der Waals surface area contributed by atoms with Crippen LogP contribution in [0.2, 0.25) is 0 Å². The molecule has 0 saturated carbocycles. The standard InChI is InChI=1S/C24H18BrF5N2O5S2/c1-11-10-32(2)23(34)12-5-16(25)22(33)21(6-12)39(35,36)31-19-8-14(17(26)9-18(19)27)15-7-13(38-24(28,29)30)3-4-20(15)37-11/h3-9,11,31,33H,10H2,1-2H3/t11-/m0/s1. The van der Waals surface area contributed by atoms with Crippen molar-refractivity contribution in [2.24, 2.45) is 0 Å². The maximum absolute atomic E-state index is 15.0. The van der Waals surface area contributed by atoms with E-state index >= 15 is 4.39 Å². The van der Waals surface area contributed by atoms with Crippen LogP contribution in [0, 0.1) is 11.6 Å². The monoisotopic (exact) mass is 652 g/mol. The number of phenols is 1. The summed E-state index contributed by atoms with van der Waals surface area (Å²) in [6.45, 7) is 1.48. The van der Waals surface area contributed by atoms with E-state index in [1.807, 2.05) is 4.72 Å². The molecule has 1 heterocycles. The topological polar surface area (TPSA) is 95.9 Å². The molecular weight excluding hydrogens is 635 g/mol. The number of carbonyl (C=O) groups is 1. The number of fused-ring (bicyclic) bond motifs is 6. The summed E-state index contributed by atoms with van der Waals surface area (Å²) in [7, 11) is -3.38. The van der Waals surface area contributed by atoms with E-state index in [4.69, 9.17) is 4.74 Å². The van der Waals surface area contributed by atoms with Gasteiger partial charge < -0.3 is 14.7 Å². The van der Waals surface area contributed by atoms with E-state index in [9.17, 15) is 35.9 Å². The van der Waals surface area contributed by atoms with Gasteiger partial charge in [-0.05, 0) is 71.0 Å². The van der Waals surface area contributed by atoms with Gasteiger partial charge in [-0.2, -0.15) is 13.2 Å². The zero-order valence-electron chi connectivity index (χ0n) is 19.9. The zero-order valence-corrected chi connectivity index (χ0v) is 23.2. The molecule has 4 bridgehead atoms. The van der Waals surface area contributed by atoms with Crippen LogP contribution in [0.15, 0.2) is 56.7 Å². The fourth-order valence-corrected chi connectivity index (χ4v) is 6.27. The van der Waals surface area contributed by atoms with Crippen molar-refractivity contribution in [3.05, 3.63) is 64.1 Å².